The third kappa shape index (κ3) is 3.58. The molecular weight excluding hydrogens is 268 g/mol. The Balaban J connectivity index is 2.82. The zero-order chi connectivity index (χ0) is 12.1. The third-order valence-electron chi connectivity index (χ3n) is 2.91. The molecule has 0 radical (unpaired) electrons. The highest BCUT2D eigenvalue weighted by Gasteiger charge is 2.14. The van der Waals surface area contributed by atoms with E-state index in [9.17, 15) is 5.11 Å². The maximum absolute atomic E-state index is 9.49. The summed E-state index contributed by atoms with van der Waals surface area (Å²) in [4.78, 5) is 0. The normalized spacial score (nSPS) is 14.8. The lowest BCUT2D eigenvalue weighted by Gasteiger charge is -2.18. The van der Waals surface area contributed by atoms with Gasteiger partial charge in [-0.1, -0.05) is 35.0 Å². The quantitative estimate of drug-likeness (QED) is 0.874. The second-order valence-corrected chi connectivity index (χ2v) is 5.04. The van der Waals surface area contributed by atoms with E-state index in [2.05, 4.69) is 41.9 Å². The summed E-state index contributed by atoms with van der Waals surface area (Å²) in [5.74, 6) is 0.314. The summed E-state index contributed by atoms with van der Waals surface area (Å²) in [5, 5.41) is 18.4. The summed E-state index contributed by atoms with van der Waals surface area (Å²) in [5.41, 5.74) is 2.44. The lowest BCUT2D eigenvalue weighted by molar-refractivity contribution is 0.0817. The van der Waals surface area contributed by atoms with Gasteiger partial charge in [0, 0.05) is 4.47 Å². The van der Waals surface area contributed by atoms with Crippen LogP contribution in [-0.2, 0) is 0 Å². The minimum atomic E-state index is -0.617. The Kier molecular flexibility index (Phi) is 5.46. The van der Waals surface area contributed by atoms with E-state index in [1.807, 2.05) is 6.07 Å². The number of benzene rings is 1. The summed E-state index contributed by atoms with van der Waals surface area (Å²) in [6, 6.07) is 6.26. The molecule has 1 aromatic carbocycles. The van der Waals surface area contributed by atoms with E-state index < -0.39 is 6.10 Å². The molecule has 0 fully saturated rings. The SMILES string of the molecule is CCC(CC(O)CO)c1ccc(Br)c(C)c1. The molecule has 0 aliphatic rings. The van der Waals surface area contributed by atoms with Crippen molar-refractivity contribution in [3.05, 3.63) is 33.8 Å². The lowest BCUT2D eigenvalue weighted by Crippen LogP contribution is -2.16. The summed E-state index contributed by atoms with van der Waals surface area (Å²) in [6.07, 6.45) is 0.973. The van der Waals surface area contributed by atoms with Gasteiger partial charge < -0.3 is 10.2 Å². The van der Waals surface area contributed by atoms with Crippen LogP contribution in [0.3, 0.4) is 0 Å². The molecule has 2 N–H and O–H groups in total. The van der Waals surface area contributed by atoms with Crippen molar-refractivity contribution >= 4 is 15.9 Å². The fourth-order valence-electron chi connectivity index (χ4n) is 1.86. The first-order chi connectivity index (χ1) is 7.58. The molecule has 0 saturated heterocycles. The zero-order valence-electron chi connectivity index (χ0n) is 9.78. The van der Waals surface area contributed by atoms with Gasteiger partial charge in [0.05, 0.1) is 12.7 Å². The summed E-state index contributed by atoms with van der Waals surface area (Å²) >= 11 is 3.48. The molecule has 0 aliphatic carbocycles. The Labute approximate surface area is 105 Å². The predicted molar refractivity (Wildman–Crippen MR) is 69.6 cm³/mol. The maximum atomic E-state index is 9.49. The molecule has 0 heterocycles. The summed E-state index contributed by atoms with van der Waals surface area (Å²) < 4.78 is 1.11. The number of aliphatic hydroxyl groups is 2. The average molecular weight is 287 g/mol. The fourth-order valence-corrected chi connectivity index (χ4v) is 2.11. The number of aryl methyl sites for hydroxylation is 1. The zero-order valence-corrected chi connectivity index (χ0v) is 11.4. The molecule has 2 unspecified atom stereocenters. The van der Waals surface area contributed by atoms with Crippen LogP contribution in [0.1, 0.15) is 36.8 Å². The van der Waals surface area contributed by atoms with E-state index in [0.717, 1.165) is 10.9 Å². The van der Waals surface area contributed by atoms with Crippen molar-refractivity contribution in [3.8, 4) is 0 Å². The van der Waals surface area contributed by atoms with Crippen LogP contribution in [0.4, 0.5) is 0 Å². The Bertz CT molecular complexity index is 339. The Hall–Kier alpha value is -0.380. The Morgan fingerprint density at radius 2 is 2.06 bits per heavy atom. The van der Waals surface area contributed by atoms with E-state index in [0.29, 0.717) is 12.3 Å². The van der Waals surface area contributed by atoms with Gasteiger partial charge >= 0.3 is 0 Å². The molecule has 2 nitrogen and oxygen atoms in total. The van der Waals surface area contributed by atoms with Gasteiger partial charge in [-0.05, 0) is 42.9 Å². The van der Waals surface area contributed by atoms with E-state index >= 15 is 0 Å². The Morgan fingerprint density at radius 1 is 1.38 bits per heavy atom. The standard InChI is InChI=1S/C13H19BrO2/c1-3-10(7-12(16)8-15)11-4-5-13(14)9(2)6-11/h4-6,10,12,15-16H,3,7-8H2,1-2H3. The van der Waals surface area contributed by atoms with Gasteiger partial charge in [-0.2, -0.15) is 0 Å². The van der Waals surface area contributed by atoms with Crippen LogP contribution in [0.15, 0.2) is 22.7 Å². The molecule has 0 amide bonds. The molecule has 0 spiro atoms. The smallest absolute Gasteiger partial charge is 0.0776 e. The second kappa shape index (κ2) is 6.38. The molecule has 90 valence electrons. The number of hydrogen-bond acceptors (Lipinski definition) is 2. The van der Waals surface area contributed by atoms with E-state index in [1.54, 1.807) is 0 Å². The van der Waals surface area contributed by atoms with Crippen LogP contribution in [0.2, 0.25) is 0 Å². The van der Waals surface area contributed by atoms with Crippen molar-refractivity contribution in [2.24, 2.45) is 0 Å². The molecule has 0 aliphatic heterocycles. The van der Waals surface area contributed by atoms with Crippen molar-refractivity contribution in [1.82, 2.24) is 0 Å². The number of rotatable bonds is 5. The van der Waals surface area contributed by atoms with Crippen LogP contribution < -0.4 is 0 Å². The van der Waals surface area contributed by atoms with Crippen LogP contribution >= 0.6 is 15.9 Å². The summed E-state index contributed by atoms with van der Waals surface area (Å²) in [7, 11) is 0. The van der Waals surface area contributed by atoms with Gasteiger partial charge in [-0.25, -0.2) is 0 Å². The highest BCUT2D eigenvalue weighted by molar-refractivity contribution is 9.10. The van der Waals surface area contributed by atoms with E-state index in [4.69, 9.17) is 5.11 Å². The van der Waals surface area contributed by atoms with Crippen LogP contribution in [0.5, 0.6) is 0 Å². The van der Waals surface area contributed by atoms with Gasteiger partial charge in [0.25, 0.3) is 0 Å². The molecular formula is C13H19BrO2. The third-order valence-corrected chi connectivity index (χ3v) is 3.80. The molecule has 3 heteroatoms. The lowest BCUT2D eigenvalue weighted by atomic mass is 9.90. The molecule has 0 bridgehead atoms. The minimum absolute atomic E-state index is 0.161. The van der Waals surface area contributed by atoms with Gasteiger partial charge in [0.2, 0.25) is 0 Å². The highest BCUT2D eigenvalue weighted by atomic mass is 79.9. The number of aliphatic hydroxyl groups excluding tert-OH is 2. The first-order valence-electron chi connectivity index (χ1n) is 5.63. The second-order valence-electron chi connectivity index (χ2n) is 4.19. The van der Waals surface area contributed by atoms with Gasteiger partial charge in [-0.3, -0.25) is 0 Å². The van der Waals surface area contributed by atoms with Crippen molar-refractivity contribution in [2.45, 2.75) is 38.7 Å². The van der Waals surface area contributed by atoms with Crippen molar-refractivity contribution in [1.29, 1.82) is 0 Å². The van der Waals surface area contributed by atoms with E-state index in [1.165, 1.54) is 11.1 Å². The van der Waals surface area contributed by atoms with Crippen molar-refractivity contribution in [2.75, 3.05) is 6.61 Å². The fraction of sp³-hybridized carbons (Fsp3) is 0.538. The topological polar surface area (TPSA) is 40.5 Å². The van der Waals surface area contributed by atoms with Crippen molar-refractivity contribution in [3.63, 3.8) is 0 Å². The van der Waals surface area contributed by atoms with Gasteiger partial charge in [0.1, 0.15) is 0 Å². The monoisotopic (exact) mass is 286 g/mol. The largest absolute Gasteiger partial charge is 0.394 e. The Morgan fingerprint density at radius 3 is 2.56 bits per heavy atom. The van der Waals surface area contributed by atoms with E-state index in [-0.39, 0.29) is 6.61 Å². The molecule has 0 aromatic heterocycles. The van der Waals surface area contributed by atoms with Crippen LogP contribution in [0, 0.1) is 6.92 Å². The number of hydrogen-bond donors (Lipinski definition) is 2. The molecule has 16 heavy (non-hydrogen) atoms. The van der Waals surface area contributed by atoms with Gasteiger partial charge in [0.15, 0.2) is 0 Å². The van der Waals surface area contributed by atoms with Crippen LogP contribution in [0.25, 0.3) is 0 Å². The average Bonchev–Trinajstić information content (AvgIpc) is 2.29. The highest BCUT2D eigenvalue weighted by Crippen LogP contribution is 2.28. The minimum Gasteiger partial charge on any atom is -0.394 e. The molecule has 0 saturated carbocycles. The summed E-state index contributed by atoms with van der Waals surface area (Å²) in [6.45, 7) is 4.00. The molecule has 2 atom stereocenters. The first kappa shape index (κ1) is 13.7. The molecule has 1 aromatic rings. The van der Waals surface area contributed by atoms with Crippen molar-refractivity contribution < 1.29 is 10.2 Å². The first-order valence-corrected chi connectivity index (χ1v) is 6.42. The molecule has 1 rings (SSSR count). The van der Waals surface area contributed by atoms with Crippen LogP contribution in [-0.4, -0.2) is 22.9 Å². The maximum Gasteiger partial charge on any atom is 0.0776 e. The van der Waals surface area contributed by atoms with Gasteiger partial charge in [-0.15, -0.1) is 0 Å². The number of halogens is 1. The predicted octanol–water partition coefficient (Wildman–Crippen LogP) is 2.99.